The van der Waals surface area contributed by atoms with Gasteiger partial charge in [-0.1, -0.05) is 19.9 Å². The van der Waals surface area contributed by atoms with Crippen molar-refractivity contribution in [2.24, 2.45) is 28.6 Å². The third kappa shape index (κ3) is 2.66. The summed E-state index contributed by atoms with van der Waals surface area (Å²) in [5, 5.41) is 21.0. The van der Waals surface area contributed by atoms with Crippen molar-refractivity contribution in [2.75, 3.05) is 6.61 Å². The van der Waals surface area contributed by atoms with Crippen molar-refractivity contribution in [3.8, 4) is 0 Å². The van der Waals surface area contributed by atoms with Crippen LogP contribution < -0.4 is 0 Å². The lowest BCUT2D eigenvalue weighted by atomic mass is 9.44. The number of rotatable bonds is 3. The first-order valence-corrected chi connectivity index (χ1v) is 11.2. The van der Waals surface area contributed by atoms with E-state index in [1.807, 2.05) is 0 Å². The first kappa shape index (κ1) is 24.1. The van der Waals surface area contributed by atoms with Crippen molar-refractivity contribution in [3.63, 3.8) is 0 Å². The van der Waals surface area contributed by atoms with Crippen LogP contribution in [0, 0.1) is 28.6 Å². The maximum atomic E-state index is 17.1. The van der Waals surface area contributed by atoms with Gasteiger partial charge in [0.15, 0.2) is 17.1 Å². The number of ether oxygens (including phenoxy) is 1. The van der Waals surface area contributed by atoms with Gasteiger partial charge < -0.3 is 14.9 Å². The van der Waals surface area contributed by atoms with Crippen molar-refractivity contribution in [3.05, 3.63) is 23.6 Å². The van der Waals surface area contributed by atoms with Crippen LogP contribution in [0.15, 0.2) is 23.6 Å². The van der Waals surface area contributed by atoms with E-state index >= 15 is 8.78 Å². The topological polar surface area (TPSA) is 101 Å². The Morgan fingerprint density at radius 2 is 1.88 bits per heavy atom. The Balaban J connectivity index is 1.91. The molecule has 0 aromatic rings. The summed E-state index contributed by atoms with van der Waals surface area (Å²) >= 11 is 0. The number of aliphatic hydroxyl groups excluding tert-OH is 2. The highest BCUT2D eigenvalue weighted by molar-refractivity contribution is 6.04. The van der Waals surface area contributed by atoms with Gasteiger partial charge in [-0.3, -0.25) is 14.4 Å². The van der Waals surface area contributed by atoms with E-state index in [9.17, 15) is 29.0 Å². The maximum Gasteiger partial charge on any atom is 0.303 e. The first-order valence-electron chi connectivity index (χ1n) is 11.2. The Morgan fingerprint density at radius 1 is 1.24 bits per heavy atom. The average Bonchev–Trinajstić information content (AvgIpc) is 2.94. The molecule has 3 fully saturated rings. The second-order valence-electron chi connectivity index (χ2n) is 10.5. The van der Waals surface area contributed by atoms with Crippen LogP contribution >= 0.6 is 0 Å². The number of alkyl halides is 2. The van der Waals surface area contributed by atoms with Gasteiger partial charge in [0.2, 0.25) is 11.6 Å². The zero-order chi connectivity index (χ0) is 24.7. The number of Topliss-reactive ketones (excluding diaryl/α,β-unsaturated/α-hetero) is 1. The molecular formula is C24H29F3O6. The number of allylic oxidation sites excluding steroid dienone is 4. The Morgan fingerprint density at radius 3 is 2.45 bits per heavy atom. The van der Waals surface area contributed by atoms with Gasteiger partial charge in [0.05, 0.1) is 6.10 Å². The van der Waals surface area contributed by atoms with E-state index in [1.165, 1.54) is 6.92 Å². The van der Waals surface area contributed by atoms with Crippen LogP contribution in [0.4, 0.5) is 13.2 Å². The van der Waals surface area contributed by atoms with E-state index in [2.05, 4.69) is 0 Å². The van der Waals surface area contributed by atoms with Gasteiger partial charge in [0.1, 0.15) is 12.8 Å². The minimum absolute atomic E-state index is 0.172. The van der Waals surface area contributed by atoms with Gasteiger partial charge in [0.25, 0.3) is 0 Å². The van der Waals surface area contributed by atoms with Crippen LogP contribution in [-0.4, -0.2) is 57.9 Å². The van der Waals surface area contributed by atoms with Gasteiger partial charge in [-0.15, -0.1) is 0 Å². The number of aliphatic hydroxyl groups is 2. The lowest BCUT2D eigenvalue weighted by Gasteiger charge is -2.63. The number of fused-ring (bicyclic) bond motifs is 5. The quantitative estimate of drug-likeness (QED) is 0.616. The van der Waals surface area contributed by atoms with E-state index in [1.54, 1.807) is 13.8 Å². The van der Waals surface area contributed by atoms with E-state index in [0.29, 0.717) is 0 Å². The molecule has 2 N–H and O–H groups in total. The lowest BCUT2D eigenvalue weighted by molar-refractivity contribution is -0.231. The zero-order valence-corrected chi connectivity index (χ0v) is 19.0. The second-order valence-corrected chi connectivity index (χ2v) is 10.5. The smallest absolute Gasteiger partial charge is 0.303 e. The Bertz CT molecular complexity index is 993. The average molecular weight is 470 g/mol. The first-order chi connectivity index (χ1) is 15.2. The molecule has 3 unspecified atom stereocenters. The third-order valence-corrected chi connectivity index (χ3v) is 9.11. The molecule has 4 rings (SSSR count). The van der Waals surface area contributed by atoms with E-state index in [-0.39, 0.29) is 12.8 Å². The molecule has 182 valence electrons. The zero-order valence-electron chi connectivity index (χ0n) is 19.0. The normalized spacial score (nSPS) is 48.8. The van der Waals surface area contributed by atoms with Gasteiger partial charge in [0, 0.05) is 35.2 Å². The molecule has 6 nitrogen and oxygen atoms in total. The molecule has 33 heavy (non-hydrogen) atoms. The van der Waals surface area contributed by atoms with Gasteiger partial charge in [-0.2, -0.15) is 0 Å². The number of esters is 1. The van der Waals surface area contributed by atoms with Crippen molar-refractivity contribution < 1.29 is 42.5 Å². The molecule has 9 atom stereocenters. The summed E-state index contributed by atoms with van der Waals surface area (Å²) in [6, 6.07) is 0. The number of hydrogen-bond donors (Lipinski definition) is 2. The summed E-state index contributed by atoms with van der Waals surface area (Å²) < 4.78 is 52.9. The Kier molecular flexibility index (Phi) is 5.30. The summed E-state index contributed by atoms with van der Waals surface area (Å²) in [5.74, 6) is -6.44. The highest BCUT2D eigenvalue weighted by Gasteiger charge is 2.78. The van der Waals surface area contributed by atoms with Crippen LogP contribution in [0.3, 0.4) is 0 Å². The van der Waals surface area contributed by atoms with Crippen LogP contribution in [0.25, 0.3) is 0 Å². The molecule has 0 radical (unpaired) electrons. The number of ketones is 2. The standard InChI is InChI=1S/C24H29F3O6/c1-11-7-13-14-8-15(25)19-20(26)16(30)5-6-21(19,3)23(14,27)17(31)9-22(13,4)24(11,18(32)10-28)33-12(2)29/h5-6,11,13-15,17,28,31H,7-10H2,1-4H3/t11?,13-,14-,15?,17?,21-,22-,23-,24-/m0/s1. The largest absolute Gasteiger partial charge is 0.450 e. The number of carbonyl (C=O) groups excluding carboxylic acids is 3. The molecule has 9 heteroatoms. The predicted molar refractivity (Wildman–Crippen MR) is 110 cm³/mol. The second kappa shape index (κ2) is 7.25. The minimum Gasteiger partial charge on any atom is -0.450 e. The highest BCUT2D eigenvalue weighted by Crippen LogP contribution is 2.72. The SMILES string of the molecule is CC(=O)O[C@]1(C(=O)CO)C(C)C[C@H]2[C@@H]3CC(F)C4=C(F)C(=O)C=C[C@]4(C)[C@@]3(F)C(O)C[C@@]21C. The molecule has 4 aliphatic rings. The molecule has 3 saturated carbocycles. The molecule has 0 aromatic heterocycles. The van der Waals surface area contributed by atoms with Crippen molar-refractivity contribution in [1.82, 2.24) is 0 Å². The van der Waals surface area contributed by atoms with E-state index in [0.717, 1.165) is 19.1 Å². The van der Waals surface area contributed by atoms with Crippen LogP contribution in [0.2, 0.25) is 0 Å². The molecule has 0 aromatic carbocycles. The number of hydrogen-bond acceptors (Lipinski definition) is 6. The molecule has 0 amide bonds. The highest BCUT2D eigenvalue weighted by atomic mass is 19.2. The van der Waals surface area contributed by atoms with Gasteiger partial charge in [-0.05, 0) is 38.2 Å². The number of halogens is 3. The molecule has 0 aliphatic heterocycles. The summed E-state index contributed by atoms with van der Waals surface area (Å²) in [4.78, 5) is 36.9. The molecule has 0 saturated heterocycles. The molecule has 0 bridgehead atoms. The fraction of sp³-hybridized carbons (Fsp3) is 0.708. The van der Waals surface area contributed by atoms with Crippen molar-refractivity contribution >= 4 is 17.5 Å². The van der Waals surface area contributed by atoms with E-state index < -0.39 is 94.1 Å². The maximum absolute atomic E-state index is 17.1. The fourth-order valence-corrected chi connectivity index (χ4v) is 7.83. The van der Waals surface area contributed by atoms with Crippen LogP contribution in [0.1, 0.15) is 47.0 Å². The van der Waals surface area contributed by atoms with Crippen molar-refractivity contribution in [1.29, 1.82) is 0 Å². The predicted octanol–water partition coefficient (Wildman–Crippen LogP) is 2.71. The summed E-state index contributed by atoms with van der Waals surface area (Å²) in [7, 11) is 0. The van der Waals surface area contributed by atoms with Crippen LogP contribution in [0.5, 0.6) is 0 Å². The van der Waals surface area contributed by atoms with Crippen LogP contribution in [-0.2, 0) is 19.1 Å². The molecular weight excluding hydrogens is 441 g/mol. The Hall–Kier alpha value is -2.00. The number of carbonyl (C=O) groups is 3. The Labute approximate surface area is 189 Å². The lowest BCUT2D eigenvalue weighted by Crippen LogP contribution is -2.71. The van der Waals surface area contributed by atoms with E-state index in [4.69, 9.17) is 4.74 Å². The minimum atomic E-state index is -2.53. The summed E-state index contributed by atoms with van der Waals surface area (Å²) in [5.41, 5.74) is -8.17. The third-order valence-electron chi connectivity index (χ3n) is 9.11. The molecule has 4 aliphatic carbocycles. The van der Waals surface area contributed by atoms with Gasteiger partial charge in [-0.25, -0.2) is 13.2 Å². The molecule has 0 heterocycles. The van der Waals surface area contributed by atoms with Crippen molar-refractivity contribution in [2.45, 2.75) is 70.5 Å². The van der Waals surface area contributed by atoms with Gasteiger partial charge >= 0.3 is 5.97 Å². The summed E-state index contributed by atoms with van der Waals surface area (Å²) in [6.45, 7) is 4.73. The monoisotopic (exact) mass is 470 g/mol. The fourth-order valence-electron chi connectivity index (χ4n) is 7.83. The summed E-state index contributed by atoms with van der Waals surface area (Å²) in [6.07, 6.45) is -2.42. The molecule has 0 spiro atoms.